The highest BCUT2D eigenvalue weighted by atomic mass is 35.5. The molecule has 0 radical (unpaired) electrons. The van der Waals surface area contributed by atoms with E-state index in [1.165, 1.54) is 6.07 Å². The molecule has 0 saturated carbocycles. The fourth-order valence-electron chi connectivity index (χ4n) is 4.04. The topological polar surface area (TPSA) is 34.1 Å². The number of para-hydroxylation sites is 1. The monoisotopic (exact) mass is 422 g/mol. The molecule has 2 aliphatic heterocycles. The number of halogens is 2. The quantitative estimate of drug-likeness (QED) is 0.508. The third-order valence-electron chi connectivity index (χ3n) is 5.44. The predicted molar refractivity (Wildman–Crippen MR) is 115 cm³/mol. The van der Waals surface area contributed by atoms with Crippen LogP contribution in [0.2, 0.25) is 5.02 Å². The van der Waals surface area contributed by atoms with Gasteiger partial charge in [-0.2, -0.15) is 5.10 Å². The normalized spacial score (nSPS) is 19.6. The van der Waals surface area contributed by atoms with Crippen molar-refractivity contribution in [3.8, 4) is 11.5 Å². The Kier molecular flexibility index (Phi) is 4.83. The van der Waals surface area contributed by atoms with Crippen LogP contribution in [-0.4, -0.2) is 17.3 Å². The van der Waals surface area contributed by atoms with Crippen LogP contribution in [0.15, 0.2) is 71.8 Å². The summed E-state index contributed by atoms with van der Waals surface area (Å²) in [7, 11) is 0. The Morgan fingerprint density at radius 3 is 2.63 bits per heavy atom. The minimum atomic E-state index is -0.637. The van der Waals surface area contributed by atoms with Gasteiger partial charge < -0.3 is 9.47 Å². The Morgan fingerprint density at radius 2 is 1.87 bits per heavy atom. The second-order valence-corrected chi connectivity index (χ2v) is 7.66. The fourth-order valence-corrected chi connectivity index (χ4v) is 4.28. The van der Waals surface area contributed by atoms with Gasteiger partial charge in [-0.1, -0.05) is 48.0 Å². The highest BCUT2D eigenvalue weighted by Gasteiger charge is 2.41. The van der Waals surface area contributed by atoms with Gasteiger partial charge in [-0.3, -0.25) is 0 Å². The van der Waals surface area contributed by atoms with Crippen LogP contribution < -0.4 is 9.47 Å². The van der Waals surface area contributed by atoms with Crippen molar-refractivity contribution >= 4 is 17.3 Å². The summed E-state index contributed by atoms with van der Waals surface area (Å²) in [6.07, 6.45) is 0.0390. The number of hydrazone groups is 1. The maximum absolute atomic E-state index is 14.6. The van der Waals surface area contributed by atoms with Crippen LogP contribution in [0.5, 0.6) is 11.5 Å². The van der Waals surface area contributed by atoms with Crippen molar-refractivity contribution < 1.29 is 13.9 Å². The summed E-state index contributed by atoms with van der Waals surface area (Å²) in [6.45, 7) is 2.47. The summed E-state index contributed by atoms with van der Waals surface area (Å²) < 4.78 is 26.4. The van der Waals surface area contributed by atoms with Crippen molar-refractivity contribution in [2.75, 3.05) is 6.61 Å². The Morgan fingerprint density at radius 1 is 1.10 bits per heavy atom. The second kappa shape index (κ2) is 7.65. The van der Waals surface area contributed by atoms with Crippen LogP contribution in [0, 0.1) is 5.82 Å². The van der Waals surface area contributed by atoms with E-state index < -0.39 is 6.23 Å². The van der Waals surface area contributed by atoms with Crippen molar-refractivity contribution in [3.63, 3.8) is 0 Å². The average Bonchev–Trinajstić information content (AvgIpc) is 3.21. The molecule has 4 nitrogen and oxygen atoms in total. The van der Waals surface area contributed by atoms with E-state index in [2.05, 4.69) is 0 Å². The van der Waals surface area contributed by atoms with Gasteiger partial charge in [0.1, 0.15) is 17.3 Å². The first-order valence-electron chi connectivity index (χ1n) is 9.94. The lowest BCUT2D eigenvalue weighted by molar-refractivity contribution is -0.0212. The van der Waals surface area contributed by atoms with Gasteiger partial charge in [0.05, 0.1) is 28.9 Å². The standard InChI is InChI=1S/C24H20ClFN2O2/c1-2-29-23-12-11-15(13-18(23)25)20-14-21-17-8-4-6-10-22(17)30-24(28(21)27-20)16-7-3-5-9-19(16)26/h3-13,21,24H,2,14H2,1H3/t21-,24-/m1/s1. The Balaban J connectivity index is 1.56. The third-order valence-corrected chi connectivity index (χ3v) is 5.73. The third kappa shape index (κ3) is 3.19. The van der Waals surface area contributed by atoms with E-state index >= 15 is 0 Å². The van der Waals surface area contributed by atoms with Gasteiger partial charge in [0.2, 0.25) is 6.23 Å². The first kappa shape index (κ1) is 18.9. The minimum Gasteiger partial charge on any atom is -0.492 e. The van der Waals surface area contributed by atoms with Gasteiger partial charge in [-0.15, -0.1) is 0 Å². The zero-order valence-corrected chi connectivity index (χ0v) is 17.1. The lowest BCUT2D eigenvalue weighted by Crippen LogP contribution is -2.34. The molecule has 0 amide bonds. The van der Waals surface area contributed by atoms with E-state index in [1.54, 1.807) is 12.1 Å². The minimum absolute atomic E-state index is 0.0418. The molecule has 2 heterocycles. The van der Waals surface area contributed by atoms with Crippen LogP contribution in [0.25, 0.3) is 0 Å². The van der Waals surface area contributed by atoms with E-state index in [0.717, 1.165) is 22.6 Å². The molecule has 0 bridgehead atoms. The largest absolute Gasteiger partial charge is 0.492 e. The molecule has 152 valence electrons. The van der Waals surface area contributed by atoms with E-state index in [0.29, 0.717) is 29.4 Å². The number of benzene rings is 3. The van der Waals surface area contributed by atoms with E-state index in [1.807, 2.05) is 60.5 Å². The van der Waals surface area contributed by atoms with Crippen molar-refractivity contribution in [1.82, 2.24) is 5.01 Å². The van der Waals surface area contributed by atoms with Crippen molar-refractivity contribution in [2.24, 2.45) is 5.10 Å². The molecule has 0 fully saturated rings. The molecule has 0 spiro atoms. The smallest absolute Gasteiger partial charge is 0.216 e. The van der Waals surface area contributed by atoms with Gasteiger partial charge in [-0.05, 0) is 42.8 Å². The molecule has 30 heavy (non-hydrogen) atoms. The molecular weight excluding hydrogens is 403 g/mol. The summed E-state index contributed by atoms with van der Waals surface area (Å²) in [6, 6.07) is 20.2. The van der Waals surface area contributed by atoms with E-state index in [9.17, 15) is 4.39 Å². The molecule has 0 saturated heterocycles. The number of rotatable bonds is 4. The van der Waals surface area contributed by atoms with Gasteiger partial charge in [0.15, 0.2) is 0 Å². The maximum atomic E-state index is 14.6. The lowest BCUT2D eigenvalue weighted by atomic mass is 9.96. The van der Waals surface area contributed by atoms with Crippen molar-refractivity contribution in [2.45, 2.75) is 25.6 Å². The number of ether oxygens (including phenoxy) is 2. The first-order valence-corrected chi connectivity index (χ1v) is 10.3. The number of nitrogens with zero attached hydrogens (tertiary/aromatic N) is 2. The zero-order valence-electron chi connectivity index (χ0n) is 16.4. The van der Waals surface area contributed by atoms with Gasteiger partial charge in [-0.25, -0.2) is 9.40 Å². The molecule has 5 rings (SSSR count). The second-order valence-electron chi connectivity index (χ2n) is 7.25. The van der Waals surface area contributed by atoms with E-state index in [4.69, 9.17) is 26.2 Å². The molecule has 0 unspecified atom stereocenters. The van der Waals surface area contributed by atoms with Crippen LogP contribution >= 0.6 is 11.6 Å². The lowest BCUT2D eigenvalue weighted by Gasteiger charge is -2.38. The SMILES string of the molecule is CCOc1ccc(C2=NN3[C@H](C2)c2ccccc2O[C@@H]3c2ccccc2F)cc1Cl. The molecule has 6 heteroatoms. The van der Waals surface area contributed by atoms with Crippen LogP contribution in [0.1, 0.15) is 42.3 Å². The Bertz CT molecular complexity index is 1130. The number of hydrogen-bond donors (Lipinski definition) is 0. The Labute approximate surface area is 179 Å². The molecule has 2 aliphatic rings. The first-order chi connectivity index (χ1) is 14.7. The molecule has 0 N–H and O–H groups in total. The van der Waals surface area contributed by atoms with E-state index in [-0.39, 0.29) is 11.9 Å². The summed E-state index contributed by atoms with van der Waals surface area (Å²) in [5, 5.41) is 7.26. The van der Waals surface area contributed by atoms with Crippen molar-refractivity contribution in [1.29, 1.82) is 0 Å². The summed E-state index contributed by atoms with van der Waals surface area (Å²) >= 11 is 6.40. The number of fused-ring (bicyclic) bond motifs is 3. The zero-order chi connectivity index (χ0) is 20.7. The molecule has 3 aromatic carbocycles. The van der Waals surface area contributed by atoms with Crippen LogP contribution in [-0.2, 0) is 0 Å². The molecule has 3 aromatic rings. The summed E-state index contributed by atoms with van der Waals surface area (Å²) in [5.74, 6) is 1.10. The molecule has 2 atom stereocenters. The highest BCUT2D eigenvalue weighted by Crippen LogP contribution is 2.47. The average molecular weight is 423 g/mol. The molecular formula is C24H20ClFN2O2. The van der Waals surface area contributed by atoms with Gasteiger partial charge >= 0.3 is 0 Å². The van der Waals surface area contributed by atoms with Crippen LogP contribution in [0.3, 0.4) is 0 Å². The van der Waals surface area contributed by atoms with Crippen molar-refractivity contribution in [3.05, 3.63) is 94.3 Å². The number of hydrogen-bond acceptors (Lipinski definition) is 4. The fraction of sp³-hybridized carbons (Fsp3) is 0.208. The highest BCUT2D eigenvalue weighted by molar-refractivity contribution is 6.32. The maximum Gasteiger partial charge on any atom is 0.216 e. The Hall–Kier alpha value is -3.05. The summed E-state index contributed by atoms with van der Waals surface area (Å²) in [4.78, 5) is 0. The molecule has 0 aromatic heterocycles. The summed E-state index contributed by atoms with van der Waals surface area (Å²) in [5.41, 5.74) is 3.31. The predicted octanol–water partition coefficient (Wildman–Crippen LogP) is 6.12. The van der Waals surface area contributed by atoms with Gasteiger partial charge in [0.25, 0.3) is 0 Å². The molecule has 0 aliphatic carbocycles. The van der Waals surface area contributed by atoms with Gasteiger partial charge in [0, 0.05) is 12.0 Å². The van der Waals surface area contributed by atoms with Crippen LogP contribution in [0.4, 0.5) is 4.39 Å².